The highest BCUT2D eigenvalue weighted by atomic mass is 35.5. The van der Waals surface area contributed by atoms with Crippen LogP contribution in [-0.2, 0) is 6.42 Å². The minimum atomic E-state index is -0.366. The highest BCUT2D eigenvalue weighted by Gasteiger charge is 2.17. The lowest BCUT2D eigenvalue weighted by Gasteiger charge is -2.12. The second-order valence-electron chi connectivity index (χ2n) is 5.82. The van der Waals surface area contributed by atoms with Crippen LogP contribution in [0, 0.1) is 5.82 Å². The van der Waals surface area contributed by atoms with E-state index in [2.05, 4.69) is 10.3 Å². The van der Waals surface area contributed by atoms with Gasteiger partial charge in [-0.1, -0.05) is 23.7 Å². The molecule has 3 aromatic rings. The molecule has 0 fully saturated rings. The molecule has 1 heterocycles. The van der Waals surface area contributed by atoms with Gasteiger partial charge in [-0.15, -0.1) is 11.3 Å². The van der Waals surface area contributed by atoms with Gasteiger partial charge in [-0.05, 0) is 36.8 Å². The predicted molar refractivity (Wildman–Crippen MR) is 108 cm³/mol. The second-order valence-corrected chi connectivity index (χ2v) is 7.34. The van der Waals surface area contributed by atoms with Crippen molar-refractivity contribution in [2.45, 2.75) is 13.3 Å². The Balaban J connectivity index is 1.73. The minimum absolute atomic E-state index is 0.281. The molecule has 0 saturated carbocycles. The first kappa shape index (κ1) is 20.1. The van der Waals surface area contributed by atoms with E-state index in [1.54, 1.807) is 18.3 Å². The van der Waals surface area contributed by atoms with Crippen LogP contribution < -0.4 is 14.8 Å². The van der Waals surface area contributed by atoms with Crippen molar-refractivity contribution in [3.8, 4) is 11.5 Å². The van der Waals surface area contributed by atoms with Gasteiger partial charge in [-0.3, -0.25) is 10.1 Å². The third-order valence-corrected chi connectivity index (χ3v) is 5.02. The monoisotopic (exact) mass is 420 g/mol. The van der Waals surface area contributed by atoms with E-state index >= 15 is 0 Å². The number of halogens is 2. The fourth-order valence-corrected chi connectivity index (χ4v) is 3.71. The Morgan fingerprint density at radius 1 is 1.32 bits per heavy atom. The van der Waals surface area contributed by atoms with Crippen LogP contribution in [0.4, 0.5) is 9.52 Å². The van der Waals surface area contributed by atoms with E-state index < -0.39 is 0 Å². The molecule has 0 bridgehead atoms. The minimum Gasteiger partial charge on any atom is -0.493 e. The molecule has 0 unspecified atom stereocenters. The number of amides is 1. The number of hydrogen-bond acceptors (Lipinski definition) is 5. The van der Waals surface area contributed by atoms with Gasteiger partial charge in [0.25, 0.3) is 5.91 Å². The van der Waals surface area contributed by atoms with Crippen LogP contribution >= 0.6 is 22.9 Å². The molecule has 0 radical (unpaired) electrons. The molecule has 0 aliphatic rings. The van der Waals surface area contributed by atoms with E-state index in [4.69, 9.17) is 21.1 Å². The summed E-state index contributed by atoms with van der Waals surface area (Å²) in [7, 11) is 1.48. The summed E-state index contributed by atoms with van der Waals surface area (Å²) in [6, 6.07) is 9.47. The maximum absolute atomic E-state index is 13.3. The number of methoxy groups -OCH3 is 1. The molecule has 28 heavy (non-hydrogen) atoms. The Bertz CT molecular complexity index is 993. The van der Waals surface area contributed by atoms with E-state index in [0.717, 1.165) is 10.4 Å². The second kappa shape index (κ2) is 9.03. The van der Waals surface area contributed by atoms with Gasteiger partial charge in [0.1, 0.15) is 5.82 Å². The smallest absolute Gasteiger partial charge is 0.257 e. The number of carbonyl (C=O) groups excluding carboxylic acids is 1. The summed E-state index contributed by atoms with van der Waals surface area (Å²) in [5.74, 6) is 0.132. The molecule has 146 valence electrons. The lowest BCUT2D eigenvalue weighted by atomic mass is 10.1. The Labute approximate surface area is 171 Å². The van der Waals surface area contributed by atoms with Crippen LogP contribution in [0.25, 0.3) is 0 Å². The summed E-state index contributed by atoms with van der Waals surface area (Å²) in [5, 5.41) is 3.48. The van der Waals surface area contributed by atoms with Crippen LogP contribution in [0.3, 0.4) is 0 Å². The topological polar surface area (TPSA) is 60.5 Å². The fourth-order valence-electron chi connectivity index (χ4n) is 2.60. The van der Waals surface area contributed by atoms with E-state index in [1.165, 1.54) is 36.6 Å². The van der Waals surface area contributed by atoms with Gasteiger partial charge >= 0.3 is 0 Å². The molecule has 8 heteroatoms. The Morgan fingerprint density at radius 3 is 2.86 bits per heavy atom. The van der Waals surface area contributed by atoms with Gasteiger partial charge in [-0.2, -0.15) is 0 Å². The summed E-state index contributed by atoms with van der Waals surface area (Å²) in [6.45, 7) is 2.26. The van der Waals surface area contributed by atoms with Gasteiger partial charge in [0, 0.05) is 23.1 Å². The largest absolute Gasteiger partial charge is 0.493 e. The molecule has 0 aliphatic heterocycles. The molecule has 1 amide bonds. The van der Waals surface area contributed by atoms with Gasteiger partial charge in [0.15, 0.2) is 16.6 Å². The molecule has 0 atom stereocenters. The first-order valence-electron chi connectivity index (χ1n) is 8.51. The Kier molecular flexibility index (Phi) is 6.49. The fraction of sp³-hybridized carbons (Fsp3) is 0.200. The van der Waals surface area contributed by atoms with Crippen molar-refractivity contribution in [2.75, 3.05) is 19.0 Å². The molecule has 2 aromatic carbocycles. The highest BCUT2D eigenvalue weighted by molar-refractivity contribution is 7.15. The zero-order chi connectivity index (χ0) is 20.1. The van der Waals surface area contributed by atoms with Crippen molar-refractivity contribution >= 4 is 34.0 Å². The maximum Gasteiger partial charge on any atom is 0.257 e. The van der Waals surface area contributed by atoms with E-state index in [0.29, 0.717) is 35.2 Å². The number of rotatable bonds is 7. The summed E-state index contributed by atoms with van der Waals surface area (Å²) in [4.78, 5) is 17.7. The molecular weight excluding hydrogens is 403 g/mol. The molecule has 0 saturated heterocycles. The molecular formula is C20H18ClFN2O3S. The van der Waals surface area contributed by atoms with Crippen molar-refractivity contribution < 1.29 is 18.7 Å². The summed E-state index contributed by atoms with van der Waals surface area (Å²) < 4.78 is 24.0. The molecule has 0 aliphatic carbocycles. The number of hydrogen-bond donors (Lipinski definition) is 1. The molecule has 1 N–H and O–H groups in total. The molecule has 3 rings (SSSR count). The third-order valence-electron chi connectivity index (χ3n) is 3.82. The van der Waals surface area contributed by atoms with Crippen LogP contribution in [0.15, 0.2) is 42.6 Å². The number of thiazole rings is 1. The van der Waals surface area contributed by atoms with E-state index in [1.807, 2.05) is 13.0 Å². The summed E-state index contributed by atoms with van der Waals surface area (Å²) in [6.07, 6.45) is 2.20. The molecule has 5 nitrogen and oxygen atoms in total. The lowest BCUT2D eigenvalue weighted by molar-refractivity contribution is 0.102. The first-order chi connectivity index (χ1) is 13.5. The number of nitrogens with zero attached hydrogens (tertiary/aromatic N) is 1. The van der Waals surface area contributed by atoms with Gasteiger partial charge < -0.3 is 9.47 Å². The van der Waals surface area contributed by atoms with Gasteiger partial charge in [-0.25, -0.2) is 9.37 Å². The normalized spacial score (nSPS) is 10.6. The lowest BCUT2D eigenvalue weighted by Crippen LogP contribution is -2.12. The first-order valence-corrected chi connectivity index (χ1v) is 9.70. The van der Waals surface area contributed by atoms with E-state index in [-0.39, 0.29) is 16.7 Å². The van der Waals surface area contributed by atoms with Crippen LogP contribution in [0.5, 0.6) is 11.5 Å². The maximum atomic E-state index is 13.3. The predicted octanol–water partition coefficient (Wildman–Crippen LogP) is 5.19. The quantitative estimate of drug-likeness (QED) is 0.571. The number of ether oxygens (including phenoxy) is 2. The van der Waals surface area contributed by atoms with Crippen LogP contribution in [0.1, 0.15) is 27.7 Å². The van der Waals surface area contributed by atoms with Crippen LogP contribution in [0.2, 0.25) is 5.02 Å². The van der Waals surface area contributed by atoms with E-state index in [9.17, 15) is 9.18 Å². The number of anilines is 1. The van der Waals surface area contributed by atoms with Crippen molar-refractivity contribution in [2.24, 2.45) is 0 Å². The van der Waals surface area contributed by atoms with Crippen molar-refractivity contribution in [1.29, 1.82) is 0 Å². The zero-order valence-corrected chi connectivity index (χ0v) is 16.9. The highest BCUT2D eigenvalue weighted by Crippen LogP contribution is 2.36. The summed E-state index contributed by atoms with van der Waals surface area (Å²) >= 11 is 7.55. The van der Waals surface area contributed by atoms with Crippen LogP contribution in [-0.4, -0.2) is 24.6 Å². The molecule has 0 spiro atoms. The molecule has 1 aromatic heterocycles. The average molecular weight is 421 g/mol. The Hall–Kier alpha value is -2.64. The number of aromatic nitrogens is 1. The van der Waals surface area contributed by atoms with Crippen molar-refractivity contribution in [3.63, 3.8) is 0 Å². The van der Waals surface area contributed by atoms with Crippen molar-refractivity contribution in [1.82, 2.24) is 4.98 Å². The number of carbonyl (C=O) groups is 1. The van der Waals surface area contributed by atoms with Gasteiger partial charge in [0.05, 0.1) is 18.7 Å². The summed E-state index contributed by atoms with van der Waals surface area (Å²) in [5.41, 5.74) is 1.16. The average Bonchev–Trinajstić information content (AvgIpc) is 3.10. The zero-order valence-electron chi connectivity index (χ0n) is 15.3. The SMILES string of the molecule is CCOc1c(Cl)cc(C(=O)Nc2ncc(Cc3cccc(F)c3)s2)cc1OC. The standard InChI is InChI=1S/C20H18ClFN2O3S/c1-3-27-18-16(21)9-13(10-17(18)26-2)19(25)24-20-23-11-15(28-20)8-12-5-4-6-14(22)7-12/h4-7,9-11H,3,8H2,1-2H3,(H,23,24,25). The third kappa shape index (κ3) is 4.79. The number of nitrogens with one attached hydrogen (secondary N) is 1. The number of benzene rings is 2. The Morgan fingerprint density at radius 2 is 2.14 bits per heavy atom. The van der Waals surface area contributed by atoms with Crippen molar-refractivity contribution in [3.05, 3.63) is 69.4 Å². The van der Waals surface area contributed by atoms with Gasteiger partial charge in [0.2, 0.25) is 0 Å².